The van der Waals surface area contributed by atoms with Gasteiger partial charge >= 0.3 is 0 Å². The summed E-state index contributed by atoms with van der Waals surface area (Å²) in [7, 11) is 0. The van der Waals surface area contributed by atoms with Gasteiger partial charge in [-0.15, -0.1) is 0 Å². The Bertz CT molecular complexity index is 431. The maximum atomic E-state index is 13.8. The van der Waals surface area contributed by atoms with Crippen molar-refractivity contribution in [1.29, 1.82) is 0 Å². The van der Waals surface area contributed by atoms with E-state index in [2.05, 4.69) is 19.2 Å². The van der Waals surface area contributed by atoms with E-state index in [1.54, 1.807) is 12.1 Å². The van der Waals surface area contributed by atoms with E-state index in [4.69, 9.17) is 0 Å². The summed E-state index contributed by atoms with van der Waals surface area (Å²) in [4.78, 5) is 0. The highest BCUT2D eigenvalue weighted by Gasteiger charge is 2.26. The molecule has 1 nitrogen and oxygen atoms in total. The molecule has 0 bridgehead atoms. The predicted molar refractivity (Wildman–Crippen MR) is 78.6 cm³/mol. The Labute approximate surface area is 120 Å². The van der Waals surface area contributed by atoms with E-state index >= 15 is 0 Å². The van der Waals surface area contributed by atoms with Crippen LogP contribution in [0.15, 0.2) is 18.2 Å². The Morgan fingerprint density at radius 1 is 1.15 bits per heavy atom. The maximum Gasteiger partial charge on any atom is 0.162 e. The van der Waals surface area contributed by atoms with E-state index in [0.29, 0.717) is 29.9 Å². The molecule has 20 heavy (non-hydrogen) atoms. The van der Waals surface area contributed by atoms with E-state index in [9.17, 15) is 8.78 Å². The summed E-state index contributed by atoms with van der Waals surface area (Å²) in [5.41, 5.74) is 0.534. The van der Waals surface area contributed by atoms with Crippen LogP contribution in [0.5, 0.6) is 0 Å². The molecule has 2 atom stereocenters. The molecule has 3 heteroatoms. The number of halogens is 2. The van der Waals surface area contributed by atoms with E-state index in [0.717, 1.165) is 13.0 Å². The second-order valence-corrected chi connectivity index (χ2v) is 6.28. The van der Waals surface area contributed by atoms with E-state index in [-0.39, 0.29) is 0 Å². The molecule has 1 aliphatic carbocycles. The summed E-state index contributed by atoms with van der Waals surface area (Å²) >= 11 is 0. The Morgan fingerprint density at radius 3 is 2.55 bits per heavy atom. The molecular formula is C17H25F2N. The Morgan fingerprint density at radius 2 is 1.85 bits per heavy atom. The van der Waals surface area contributed by atoms with Gasteiger partial charge < -0.3 is 5.32 Å². The van der Waals surface area contributed by atoms with Crippen LogP contribution in [0.25, 0.3) is 0 Å². The molecule has 1 N–H and O–H groups in total. The molecule has 0 saturated heterocycles. The SMILES string of the molecule is CC(C)NCC1CCCCC1Cc1cccc(F)c1F. The first-order valence-corrected chi connectivity index (χ1v) is 7.74. The first kappa shape index (κ1) is 15.4. The lowest BCUT2D eigenvalue weighted by Gasteiger charge is -2.32. The zero-order valence-electron chi connectivity index (χ0n) is 12.5. The molecule has 1 aliphatic rings. The molecule has 0 aliphatic heterocycles. The second kappa shape index (κ2) is 7.16. The highest BCUT2D eigenvalue weighted by molar-refractivity contribution is 5.19. The average molecular weight is 281 g/mol. The van der Waals surface area contributed by atoms with Crippen molar-refractivity contribution >= 4 is 0 Å². The van der Waals surface area contributed by atoms with E-state index in [1.165, 1.54) is 25.3 Å². The Balaban J connectivity index is 2.02. The van der Waals surface area contributed by atoms with Gasteiger partial charge in [-0.1, -0.05) is 38.8 Å². The minimum Gasteiger partial charge on any atom is -0.314 e. The highest BCUT2D eigenvalue weighted by Crippen LogP contribution is 2.33. The summed E-state index contributed by atoms with van der Waals surface area (Å²) in [6, 6.07) is 5.00. The quantitative estimate of drug-likeness (QED) is 0.848. The Hall–Kier alpha value is -0.960. The van der Waals surface area contributed by atoms with Crippen molar-refractivity contribution in [1.82, 2.24) is 5.32 Å². The minimum absolute atomic E-state index is 0.464. The first-order valence-electron chi connectivity index (χ1n) is 7.74. The molecule has 0 aromatic heterocycles. The number of hydrogen-bond donors (Lipinski definition) is 1. The lowest BCUT2D eigenvalue weighted by molar-refractivity contribution is 0.223. The van der Waals surface area contributed by atoms with Crippen molar-refractivity contribution in [2.75, 3.05) is 6.54 Å². The molecule has 1 aromatic carbocycles. The van der Waals surface area contributed by atoms with Crippen molar-refractivity contribution in [2.45, 2.75) is 52.0 Å². The van der Waals surface area contributed by atoms with Crippen molar-refractivity contribution in [2.24, 2.45) is 11.8 Å². The maximum absolute atomic E-state index is 13.8. The second-order valence-electron chi connectivity index (χ2n) is 6.28. The molecule has 0 amide bonds. The van der Waals surface area contributed by atoms with Gasteiger partial charge in [-0.25, -0.2) is 8.78 Å². The fourth-order valence-electron chi connectivity index (χ4n) is 3.20. The van der Waals surface area contributed by atoms with Crippen LogP contribution >= 0.6 is 0 Å². The van der Waals surface area contributed by atoms with Crippen LogP contribution in [0.1, 0.15) is 45.1 Å². The first-order chi connectivity index (χ1) is 9.58. The van der Waals surface area contributed by atoms with Gasteiger partial charge in [0.1, 0.15) is 0 Å². The lowest BCUT2D eigenvalue weighted by Crippen LogP contribution is -2.35. The number of rotatable bonds is 5. The summed E-state index contributed by atoms with van der Waals surface area (Å²) in [5, 5.41) is 3.49. The van der Waals surface area contributed by atoms with E-state index < -0.39 is 11.6 Å². The monoisotopic (exact) mass is 281 g/mol. The van der Waals surface area contributed by atoms with Gasteiger partial charge in [-0.2, -0.15) is 0 Å². The third-order valence-corrected chi connectivity index (χ3v) is 4.37. The fourth-order valence-corrected chi connectivity index (χ4v) is 3.20. The normalized spacial score (nSPS) is 23.2. The van der Waals surface area contributed by atoms with Crippen LogP contribution in [0.4, 0.5) is 8.78 Å². The van der Waals surface area contributed by atoms with Crippen LogP contribution in [-0.2, 0) is 6.42 Å². The summed E-state index contributed by atoms with van der Waals surface area (Å²) in [6.45, 7) is 5.27. The fraction of sp³-hybridized carbons (Fsp3) is 0.647. The van der Waals surface area contributed by atoms with Crippen molar-refractivity contribution < 1.29 is 8.78 Å². The molecular weight excluding hydrogens is 256 g/mol. The average Bonchev–Trinajstić information content (AvgIpc) is 2.43. The van der Waals surface area contributed by atoms with Crippen LogP contribution in [0.2, 0.25) is 0 Å². The molecule has 112 valence electrons. The zero-order valence-corrected chi connectivity index (χ0v) is 12.5. The molecule has 0 heterocycles. The standard InChI is InChI=1S/C17H25F2N/c1-12(2)20-11-15-7-4-3-6-13(15)10-14-8-5-9-16(18)17(14)19/h5,8-9,12-13,15,20H,3-4,6-7,10-11H2,1-2H3. The third kappa shape index (κ3) is 4.02. The molecule has 1 saturated carbocycles. The molecule has 0 radical (unpaired) electrons. The summed E-state index contributed by atoms with van der Waals surface area (Å²) in [6.07, 6.45) is 5.45. The topological polar surface area (TPSA) is 12.0 Å². The van der Waals surface area contributed by atoms with Gasteiger partial charge in [0.15, 0.2) is 11.6 Å². The largest absolute Gasteiger partial charge is 0.314 e. The number of hydrogen-bond acceptors (Lipinski definition) is 1. The van der Waals surface area contributed by atoms with Crippen molar-refractivity contribution in [3.63, 3.8) is 0 Å². The van der Waals surface area contributed by atoms with Gasteiger partial charge in [-0.3, -0.25) is 0 Å². The summed E-state index contributed by atoms with van der Waals surface area (Å²) < 4.78 is 27.1. The van der Waals surface area contributed by atoms with Gasteiger partial charge in [0.05, 0.1) is 0 Å². The van der Waals surface area contributed by atoms with Gasteiger partial charge in [0, 0.05) is 6.04 Å². The molecule has 2 unspecified atom stereocenters. The molecule has 1 aromatic rings. The van der Waals surface area contributed by atoms with Crippen molar-refractivity contribution in [3.05, 3.63) is 35.4 Å². The van der Waals surface area contributed by atoms with Crippen molar-refractivity contribution in [3.8, 4) is 0 Å². The molecule has 0 spiro atoms. The number of nitrogens with one attached hydrogen (secondary N) is 1. The van der Waals surface area contributed by atoms with E-state index in [1.807, 2.05) is 0 Å². The molecule has 2 rings (SSSR count). The zero-order chi connectivity index (χ0) is 14.5. The lowest BCUT2D eigenvalue weighted by atomic mass is 9.76. The highest BCUT2D eigenvalue weighted by atomic mass is 19.2. The van der Waals surface area contributed by atoms with Crippen LogP contribution in [-0.4, -0.2) is 12.6 Å². The molecule has 1 fully saturated rings. The Kier molecular flexibility index (Phi) is 5.53. The summed E-state index contributed by atoms with van der Waals surface area (Å²) in [5.74, 6) is -0.344. The van der Waals surface area contributed by atoms with Crippen LogP contribution in [0.3, 0.4) is 0 Å². The van der Waals surface area contributed by atoms with Crippen LogP contribution in [0, 0.1) is 23.5 Å². The van der Waals surface area contributed by atoms with Crippen LogP contribution < -0.4 is 5.32 Å². The van der Waals surface area contributed by atoms with Gasteiger partial charge in [-0.05, 0) is 49.3 Å². The van der Waals surface area contributed by atoms with Gasteiger partial charge in [0.25, 0.3) is 0 Å². The van der Waals surface area contributed by atoms with Gasteiger partial charge in [0.2, 0.25) is 0 Å². The predicted octanol–water partition coefficient (Wildman–Crippen LogP) is 4.31. The smallest absolute Gasteiger partial charge is 0.162 e. The number of benzene rings is 1. The minimum atomic E-state index is -0.727. The third-order valence-electron chi connectivity index (χ3n) is 4.37.